The summed E-state index contributed by atoms with van der Waals surface area (Å²) in [7, 11) is -4.40. The molecule has 0 spiro atoms. The predicted molar refractivity (Wildman–Crippen MR) is 120 cm³/mol. The van der Waals surface area contributed by atoms with Gasteiger partial charge in [0.25, 0.3) is 12.4 Å². The zero-order chi connectivity index (χ0) is 25.4. The van der Waals surface area contributed by atoms with Crippen LogP contribution in [-0.4, -0.2) is 65.5 Å². The van der Waals surface area contributed by atoms with Gasteiger partial charge in [-0.2, -0.15) is 0 Å². The molecule has 1 unspecified atom stereocenters. The summed E-state index contributed by atoms with van der Waals surface area (Å²) < 4.78 is 35.3. The van der Waals surface area contributed by atoms with E-state index in [0.29, 0.717) is 17.2 Å². The van der Waals surface area contributed by atoms with Gasteiger partial charge in [-0.05, 0) is 18.1 Å². The maximum Gasteiger partial charge on any atom is 0.331 e. The Balaban J connectivity index is 1.77. The van der Waals surface area contributed by atoms with Crippen molar-refractivity contribution in [3.8, 4) is 0 Å². The zero-order valence-corrected chi connectivity index (χ0v) is 19.3. The van der Waals surface area contributed by atoms with Crippen LogP contribution in [0.25, 0.3) is 0 Å². The maximum atomic E-state index is 13.6. The van der Waals surface area contributed by atoms with Crippen molar-refractivity contribution >= 4 is 34.2 Å². The molecule has 0 aliphatic carbocycles. The Labute approximate surface area is 200 Å². The Kier molecular flexibility index (Phi) is 6.20. The number of esters is 1. The van der Waals surface area contributed by atoms with Crippen LogP contribution in [0.4, 0.5) is 0 Å². The monoisotopic (exact) mass is 499 g/mol. The number of ether oxygens (including phenoxy) is 2. The van der Waals surface area contributed by atoms with Gasteiger partial charge in [0, 0.05) is 6.08 Å². The highest BCUT2D eigenvalue weighted by atomic mass is 32.2. The number of hydrogen-bond donors (Lipinski definition) is 1. The van der Waals surface area contributed by atoms with Gasteiger partial charge in [0.1, 0.15) is 11.4 Å². The second kappa shape index (κ2) is 8.99. The van der Waals surface area contributed by atoms with Crippen LogP contribution >= 0.6 is 0 Å². The zero-order valence-electron chi connectivity index (χ0n) is 18.4. The summed E-state index contributed by atoms with van der Waals surface area (Å²) in [5.74, 6) is -3.46. The van der Waals surface area contributed by atoms with E-state index in [-0.39, 0.29) is 6.47 Å². The normalized spacial score (nSPS) is 25.6. The number of amides is 1. The van der Waals surface area contributed by atoms with E-state index in [2.05, 4.69) is 0 Å². The average molecular weight is 499 g/mol. The van der Waals surface area contributed by atoms with Gasteiger partial charge in [-0.25, -0.2) is 18.0 Å². The van der Waals surface area contributed by atoms with Gasteiger partial charge in [0.2, 0.25) is 0 Å². The first-order chi connectivity index (χ1) is 16.6. The van der Waals surface area contributed by atoms with E-state index in [9.17, 15) is 27.6 Å². The number of carboxylic acids is 1. The van der Waals surface area contributed by atoms with Gasteiger partial charge in [-0.3, -0.25) is 9.59 Å². The summed E-state index contributed by atoms with van der Waals surface area (Å²) in [6, 6.07) is 15.8. The van der Waals surface area contributed by atoms with Crippen LogP contribution in [0.3, 0.4) is 0 Å². The molecule has 2 fully saturated rings. The SMILES string of the molecule is C[C@]1(COC=O)[C@H](C(=O)OC(c2ccccc2)c2ccccc2)N2C(=O)/C(=C/C(=O)O)C2S1(=O)=O. The number of sulfone groups is 1. The van der Waals surface area contributed by atoms with E-state index in [1.54, 1.807) is 60.7 Å². The van der Waals surface area contributed by atoms with Crippen molar-refractivity contribution in [2.24, 2.45) is 0 Å². The second-order valence-corrected chi connectivity index (χ2v) is 10.8. The van der Waals surface area contributed by atoms with Gasteiger partial charge in [-0.1, -0.05) is 60.7 Å². The predicted octanol–water partition coefficient (Wildman–Crippen LogP) is 1.23. The molecule has 35 heavy (non-hydrogen) atoms. The molecule has 0 bridgehead atoms. The number of aliphatic carboxylic acids is 1. The number of carboxylic acid groups (broad SMARTS) is 1. The van der Waals surface area contributed by atoms with Crippen molar-refractivity contribution in [3.05, 3.63) is 83.4 Å². The van der Waals surface area contributed by atoms with Crippen LogP contribution in [0.2, 0.25) is 0 Å². The van der Waals surface area contributed by atoms with Crippen molar-refractivity contribution in [1.29, 1.82) is 0 Å². The number of carbonyl (C=O) groups excluding carboxylic acids is 3. The smallest absolute Gasteiger partial charge is 0.331 e. The molecule has 10 nitrogen and oxygen atoms in total. The molecule has 182 valence electrons. The largest absolute Gasteiger partial charge is 0.478 e. The van der Waals surface area contributed by atoms with Crippen LogP contribution in [0, 0.1) is 0 Å². The highest BCUT2D eigenvalue weighted by Crippen LogP contribution is 2.49. The fraction of sp³-hybridized carbons (Fsp3) is 0.250. The molecule has 0 radical (unpaired) electrons. The molecule has 3 atom stereocenters. The summed E-state index contributed by atoms with van der Waals surface area (Å²) in [6.45, 7) is 0.466. The van der Waals surface area contributed by atoms with Crippen molar-refractivity contribution in [2.75, 3.05) is 6.61 Å². The Hall–Kier alpha value is -3.99. The molecule has 1 N–H and O–H groups in total. The van der Waals surface area contributed by atoms with Gasteiger partial charge in [-0.15, -0.1) is 0 Å². The van der Waals surface area contributed by atoms with Crippen molar-refractivity contribution in [3.63, 3.8) is 0 Å². The van der Waals surface area contributed by atoms with Gasteiger partial charge in [0.15, 0.2) is 27.4 Å². The molecule has 2 heterocycles. The molecule has 2 aliphatic rings. The minimum Gasteiger partial charge on any atom is -0.478 e. The Bertz CT molecular complexity index is 1270. The van der Waals surface area contributed by atoms with Gasteiger partial charge >= 0.3 is 11.9 Å². The summed E-state index contributed by atoms with van der Waals surface area (Å²) in [4.78, 5) is 49.2. The number of benzene rings is 2. The first-order valence-electron chi connectivity index (χ1n) is 10.5. The topological polar surface area (TPSA) is 144 Å². The molecular formula is C24H21NO9S. The molecular weight excluding hydrogens is 478 g/mol. The second-order valence-electron chi connectivity index (χ2n) is 8.31. The Morgan fingerprint density at radius 2 is 1.63 bits per heavy atom. The van der Waals surface area contributed by atoms with Crippen LogP contribution < -0.4 is 0 Å². The summed E-state index contributed by atoms with van der Waals surface area (Å²) in [5.41, 5.74) is 0.737. The number of rotatable bonds is 8. The standard InChI is InChI=1S/C24H21NO9S/c1-24(13-33-14-26)20(25-21(29)17(12-18(27)28)22(25)35(24,31)32)23(30)34-19(15-8-4-2-5-9-15)16-10-6-3-7-11-16/h2-12,14,19-20,22H,13H2,1H3,(H,27,28)/b17-12-/t20-,22?,24-/m0/s1. The van der Waals surface area contributed by atoms with E-state index in [0.717, 1.165) is 4.90 Å². The van der Waals surface area contributed by atoms with Gasteiger partial charge in [0.05, 0.1) is 5.57 Å². The van der Waals surface area contributed by atoms with Crippen LogP contribution in [-0.2, 0) is 38.5 Å². The molecule has 11 heteroatoms. The lowest BCUT2D eigenvalue weighted by atomic mass is 9.94. The van der Waals surface area contributed by atoms with E-state index in [1.807, 2.05) is 0 Å². The minimum atomic E-state index is -4.40. The lowest BCUT2D eigenvalue weighted by Gasteiger charge is -2.38. The number of carbonyl (C=O) groups is 4. The third-order valence-electron chi connectivity index (χ3n) is 6.18. The maximum absolute atomic E-state index is 13.6. The average Bonchev–Trinajstić information content (AvgIpc) is 3.01. The molecule has 0 aromatic heterocycles. The first kappa shape index (κ1) is 24.1. The molecule has 2 aromatic carbocycles. The van der Waals surface area contributed by atoms with Crippen molar-refractivity contribution in [2.45, 2.75) is 29.2 Å². The van der Waals surface area contributed by atoms with Crippen LogP contribution in [0.15, 0.2) is 72.3 Å². The third kappa shape index (κ3) is 3.87. The molecule has 1 amide bonds. The molecule has 0 saturated carbocycles. The van der Waals surface area contributed by atoms with E-state index < -0.39 is 62.1 Å². The van der Waals surface area contributed by atoms with Crippen LogP contribution in [0.5, 0.6) is 0 Å². The molecule has 2 aliphatic heterocycles. The molecule has 2 saturated heterocycles. The Morgan fingerprint density at radius 3 is 2.11 bits per heavy atom. The fourth-order valence-electron chi connectivity index (χ4n) is 4.47. The molecule has 4 rings (SSSR count). The van der Waals surface area contributed by atoms with Crippen LogP contribution in [0.1, 0.15) is 24.2 Å². The minimum absolute atomic E-state index is 0.0330. The number of hydrogen-bond acceptors (Lipinski definition) is 8. The quantitative estimate of drug-likeness (QED) is 0.245. The lowest BCUT2D eigenvalue weighted by molar-refractivity contribution is -0.162. The summed E-state index contributed by atoms with van der Waals surface area (Å²) in [5, 5.41) is 7.40. The fourth-order valence-corrected chi connectivity index (χ4v) is 6.76. The Morgan fingerprint density at radius 1 is 1.09 bits per heavy atom. The highest BCUT2D eigenvalue weighted by Gasteiger charge is 2.73. The number of fused-ring (bicyclic) bond motifs is 1. The van der Waals surface area contributed by atoms with Gasteiger partial charge < -0.3 is 19.5 Å². The number of nitrogens with zero attached hydrogens (tertiary/aromatic N) is 1. The van der Waals surface area contributed by atoms with E-state index >= 15 is 0 Å². The number of β-lactam (4-membered cyclic amide) rings is 1. The molecule has 2 aromatic rings. The van der Waals surface area contributed by atoms with E-state index in [4.69, 9.17) is 14.6 Å². The van der Waals surface area contributed by atoms with Crippen molar-refractivity contribution in [1.82, 2.24) is 4.90 Å². The lowest BCUT2D eigenvalue weighted by Crippen LogP contribution is -2.60. The van der Waals surface area contributed by atoms with Crippen molar-refractivity contribution < 1.29 is 42.2 Å². The highest BCUT2D eigenvalue weighted by molar-refractivity contribution is 7.94. The third-order valence-corrected chi connectivity index (χ3v) is 8.89. The van der Waals surface area contributed by atoms with E-state index in [1.165, 1.54) is 6.92 Å². The summed E-state index contributed by atoms with van der Waals surface area (Å²) in [6.07, 6.45) is -0.416. The summed E-state index contributed by atoms with van der Waals surface area (Å²) >= 11 is 0. The first-order valence-corrected chi connectivity index (χ1v) is 12.0.